The van der Waals surface area contributed by atoms with Crippen LogP contribution in [0.1, 0.15) is 31.4 Å². The number of amides is 2. The Balaban J connectivity index is 1.85. The Hall–Kier alpha value is -2.64. The van der Waals surface area contributed by atoms with Crippen molar-refractivity contribution >= 4 is 46.4 Å². The molecule has 9 heteroatoms. The Kier molecular flexibility index (Phi) is 5.69. The summed E-state index contributed by atoms with van der Waals surface area (Å²) in [6.45, 7) is 7.23. The van der Waals surface area contributed by atoms with Crippen molar-refractivity contribution < 1.29 is 18.4 Å². The number of nitrogens with zero attached hydrogens (tertiary/aromatic N) is 2. The van der Waals surface area contributed by atoms with Crippen LogP contribution in [0.3, 0.4) is 0 Å². The fourth-order valence-electron chi connectivity index (χ4n) is 4.92. The summed E-state index contributed by atoms with van der Waals surface area (Å²) in [5.41, 5.74) is -1.03. The molecule has 0 radical (unpaired) electrons. The summed E-state index contributed by atoms with van der Waals surface area (Å²) in [6, 6.07) is 5.50. The molecule has 0 aromatic heterocycles. The first-order valence-corrected chi connectivity index (χ1v) is 11.1. The van der Waals surface area contributed by atoms with E-state index in [0.717, 1.165) is 0 Å². The zero-order valence-electron chi connectivity index (χ0n) is 18.4. The molecule has 2 aromatic carbocycles. The lowest BCUT2D eigenvalue weighted by molar-refractivity contribution is -0.125. The largest absolute Gasteiger partial charge is 0.373 e. The van der Waals surface area contributed by atoms with Crippen molar-refractivity contribution in [2.75, 3.05) is 30.4 Å². The van der Waals surface area contributed by atoms with E-state index in [1.165, 1.54) is 34.1 Å². The Morgan fingerprint density at radius 1 is 1.18 bits per heavy atom. The first-order valence-electron chi connectivity index (χ1n) is 10.4. The van der Waals surface area contributed by atoms with Crippen molar-refractivity contribution in [3.05, 3.63) is 69.7 Å². The number of fused-ring (bicyclic) bond motifs is 1. The van der Waals surface area contributed by atoms with E-state index in [4.69, 9.17) is 23.2 Å². The highest BCUT2D eigenvalue weighted by Gasteiger charge is 2.47. The maximum atomic E-state index is 15.3. The van der Waals surface area contributed by atoms with Crippen molar-refractivity contribution in [2.24, 2.45) is 0 Å². The van der Waals surface area contributed by atoms with Gasteiger partial charge in [-0.3, -0.25) is 9.59 Å². The van der Waals surface area contributed by atoms with Gasteiger partial charge in [-0.2, -0.15) is 0 Å². The standard InChI is InChI=1S/C24H23Cl2F2N3O2/c1-5-18(32)31-9-8-24(12-31,20-15(27)7-6-14(25)21(20)26)29-13-10-16(28)19-17(11-13)30(4)22(33)23(19,2)3/h5-7,10-11,29H,1,8-9,12H2,2-4H3/t24-/m0/s1. The van der Waals surface area contributed by atoms with Crippen molar-refractivity contribution in [3.63, 3.8) is 0 Å². The average Bonchev–Trinajstić information content (AvgIpc) is 3.25. The molecule has 33 heavy (non-hydrogen) atoms. The molecule has 0 spiro atoms. The Labute approximate surface area is 200 Å². The molecule has 174 valence electrons. The summed E-state index contributed by atoms with van der Waals surface area (Å²) < 4.78 is 30.4. The predicted octanol–water partition coefficient (Wildman–Crippen LogP) is 5.25. The Bertz CT molecular complexity index is 1200. The average molecular weight is 494 g/mol. The Morgan fingerprint density at radius 3 is 2.55 bits per heavy atom. The first kappa shape index (κ1) is 23.5. The minimum absolute atomic E-state index is 0.0205. The molecule has 5 nitrogen and oxygen atoms in total. The molecule has 2 aromatic rings. The van der Waals surface area contributed by atoms with E-state index < -0.39 is 22.6 Å². The first-order chi connectivity index (χ1) is 15.4. The Morgan fingerprint density at radius 2 is 1.88 bits per heavy atom. The summed E-state index contributed by atoms with van der Waals surface area (Å²) in [7, 11) is 1.59. The number of likely N-dealkylation sites (N-methyl/N-ethyl adjacent to an activating group) is 1. The molecule has 1 fully saturated rings. The van der Waals surface area contributed by atoms with Crippen LogP contribution in [0, 0.1) is 11.6 Å². The van der Waals surface area contributed by atoms with Crippen LogP contribution < -0.4 is 10.2 Å². The van der Waals surface area contributed by atoms with Crippen LogP contribution in [0.5, 0.6) is 0 Å². The number of halogens is 4. The number of rotatable bonds is 4. The smallest absolute Gasteiger partial charge is 0.246 e. The normalized spacial score (nSPS) is 21.4. The molecule has 2 aliphatic heterocycles. The minimum Gasteiger partial charge on any atom is -0.373 e. The van der Waals surface area contributed by atoms with E-state index in [1.807, 2.05) is 0 Å². The second-order valence-corrected chi connectivity index (χ2v) is 9.77. The van der Waals surface area contributed by atoms with Crippen LogP contribution in [0.4, 0.5) is 20.2 Å². The highest BCUT2D eigenvalue weighted by molar-refractivity contribution is 6.42. The van der Waals surface area contributed by atoms with Gasteiger partial charge in [-0.1, -0.05) is 29.8 Å². The number of nitrogens with one attached hydrogen (secondary N) is 1. The minimum atomic E-state index is -1.18. The van der Waals surface area contributed by atoms with Gasteiger partial charge < -0.3 is 15.1 Å². The van der Waals surface area contributed by atoms with Crippen LogP contribution in [-0.4, -0.2) is 36.9 Å². The number of anilines is 2. The molecule has 0 bridgehead atoms. The molecule has 0 saturated carbocycles. The molecule has 1 saturated heterocycles. The van der Waals surface area contributed by atoms with Gasteiger partial charge in [0, 0.05) is 37.0 Å². The van der Waals surface area contributed by atoms with E-state index in [2.05, 4.69) is 11.9 Å². The van der Waals surface area contributed by atoms with Gasteiger partial charge in [0.2, 0.25) is 11.8 Å². The van der Waals surface area contributed by atoms with Crippen molar-refractivity contribution in [1.82, 2.24) is 4.90 Å². The molecule has 1 N–H and O–H groups in total. The molecule has 0 aliphatic carbocycles. The van der Waals surface area contributed by atoms with E-state index in [1.54, 1.807) is 27.0 Å². The summed E-state index contributed by atoms with van der Waals surface area (Å²) in [6.07, 6.45) is 1.48. The fraction of sp³-hybridized carbons (Fsp3) is 0.333. The monoisotopic (exact) mass is 493 g/mol. The van der Waals surface area contributed by atoms with Crippen LogP contribution in [0.15, 0.2) is 36.9 Å². The summed E-state index contributed by atoms with van der Waals surface area (Å²) in [5.74, 6) is -1.69. The van der Waals surface area contributed by atoms with Gasteiger partial charge in [0.15, 0.2) is 0 Å². The third kappa shape index (κ3) is 3.58. The molecule has 0 unspecified atom stereocenters. The molecule has 1 atom stereocenters. The van der Waals surface area contributed by atoms with Gasteiger partial charge in [-0.15, -0.1) is 0 Å². The zero-order valence-corrected chi connectivity index (χ0v) is 19.9. The van der Waals surface area contributed by atoms with Crippen LogP contribution in [0.25, 0.3) is 0 Å². The highest BCUT2D eigenvalue weighted by atomic mass is 35.5. The van der Waals surface area contributed by atoms with E-state index in [-0.39, 0.29) is 34.0 Å². The van der Waals surface area contributed by atoms with Crippen LogP contribution in [-0.2, 0) is 20.5 Å². The highest BCUT2D eigenvalue weighted by Crippen LogP contribution is 2.47. The van der Waals surface area contributed by atoms with Crippen LogP contribution >= 0.6 is 23.2 Å². The number of likely N-dealkylation sites (tertiary alicyclic amines) is 1. The number of hydrogen-bond donors (Lipinski definition) is 1. The molecule has 4 rings (SSSR count). The van der Waals surface area contributed by atoms with Crippen LogP contribution in [0.2, 0.25) is 10.0 Å². The summed E-state index contributed by atoms with van der Waals surface area (Å²) in [4.78, 5) is 27.9. The van der Waals surface area contributed by atoms with Gasteiger partial charge in [0.05, 0.1) is 26.7 Å². The predicted molar refractivity (Wildman–Crippen MR) is 126 cm³/mol. The van der Waals surface area contributed by atoms with Gasteiger partial charge in [-0.05, 0) is 50.6 Å². The van der Waals surface area contributed by atoms with E-state index >= 15 is 8.78 Å². The van der Waals surface area contributed by atoms with E-state index in [0.29, 0.717) is 29.9 Å². The molecular formula is C24H23Cl2F2N3O2. The topological polar surface area (TPSA) is 52.7 Å². The van der Waals surface area contributed by atoms with Crippen molar-refractivity contribution in [2.45, 2.75) is 31.2 Å². The number of hydrogen-bond acceptors (Lipinski definition) is 3. The summed E-state index contributed by atoms with van der Waals surface area (Å²) in [5, 5.41) is 3.42. The molecular weight excluding hydrogens is 471 g/mol. The third-order valence-electron chi connectivity index (χ3n) is 6.56. The second-order valence-electron chi connectivity index (χ2n) is 8.98. The third-order valence-corrected chi connectivity index (χ3v) is 7.36. The van der Waals surface area contributed by atoms with E-state index in [9.17, 15) is 9.59 Å². The number of carbonyl (C=O) groups excluding carboxylic acids is 2. The lowest BCUT2D eigenvalue weighted by atomic mass is 9.85. The van der Waals surface area contributed by atoms with Crippen molar-refractivity contribution in [3.8, 4) is 0 Å². The summed E-state index contributed by atoms with van der Waals surface area (Å²) >= 11 is 12.6. The fourth-order valence-corrected chi connectivity index (χ4v) is 5.41. The van der Waals surface area contributed by atoms with Gasteiger partial charge in [-0.25, -0.2) is 8.78 Å². The number of benzene rings is 2. The SMILES string of the molecule is C=CC(=O)N1CC[C@@](Nc2cc(F)c3c(c2)N(C)C(=O)C3(C)C)(c2c(F)ccc(Cl)c2Cl)C1. The van der Waals surface area contributed by atoms with Gasteiger partial charge >= 0.3 is 0 Å². The lowest BCUT2D eigenvalue weighted by Crippen LogP contribution is -2.41. The maximum absolute atomic E-state index is 15.3. The quantitative estimate of drug-likeness (QED) is 0.467. The molecule has 2 heterocycles. The van der Waals surface area contributed by atoms with Gasteiger partial charge in [0.1, 0.15) is 11.6 Å². The van der Waals surface area contributed by atoms with Gasteiger partial charge in [0.25, 0.3) is 0 Å². The lowest BCUT2D eigenvalue weighted by Gasteiger charge is -2.34. The maximum Gasteiger partial charge on any atom is 0.246 e. The van der Waals surface area contributed by atoms with Crippen molar-refractivity contribution in [1.29, 1.82) is 0 Å². The number of carbonyl (C=O) groups is 2. The second kappa shape index (κ2) is 7.99. The zero-order chi connectivity index (χ0) is 24.3. The molecule has 2 amide bonds. The molecule has 2 aliphatic rings.